The molecule has 1 fully saturated rings. The van der Waals surface area contributed by atoms with E-state index >= 15 is 0 Å². The third-order valence-electron chi connectivity index (χ3n) is 5.91. The fourth-order valence-corrected chi connectivity index (χ4v) is 4.21. The van der Waals surface area contributed by atoms with Gasteiger partial charge in [-0.25, -0.2) is 4.79 Å². The molecule has 0 spiro atoms. The van der Waals surface area contributed by atoms with Crippen molar-refractivity contribution in [1.29, 1.82) is 0 Å². The highest BCUT2D eigenvalue weighted by Gasteiger charge is 2.49. The molecule has 2 aliphatic rings. The summed E-state index contributed by atoms with van der Waals surface area (Å²) in [5.41, 5.74) is 4.84. The number of hydrogen-bond acceptors (Lipinski definition) is 3. The Morgan fingerprint density at radius 2 is 1.86 bits per heavy atom. The Labute approximate surface area is 170 Å². The number of nitrogens with one attached hydrogen (secondary N) is 2. The quantitative estimate of drug-likeness (QED) is 0.786. The number of anilines is 1. The zero-order valence-electron chi connectivity index (χ0n) is 17.0. The van der Waals surface area contributed by atoms with E-state index in [9.17, 15) is 14.4 Å². The molecule has 4 rings (SSSR count). The molecule has 0 aromatic heterocycles. The van der Waals surface area contributed by atoms with E-state index < -0.39 is 23.4 Å². The van der Waals surface area contributed by atoms with Gasteiger partial charge in [-0.15, -0.1) is 0 Å². The van der Waals surface area contributed by atoms with Crippen LogP contribution >= 0.6 is 0 Å². The van der Waals surface area contributed by atoms with Gasteiger partial charge in [0.05, 0.1) is 0 Å². The average Bonchev–Trinajstić information content (AvgIpc) is 3.22. The van der Waals surface area contributed by atoms with E-state index in [-0.39, 0.29) is 6.54 Å². The molecule has 0 radical (unpaired) electrons. The van der Waals surface area contributed by atoms with Crippen molar-refractivity contribution >= 4 is 23.5 Å². The Hall–Kier alpha value is -3.15. The summed E-state index contributed by atoms with van der Waals surface area (Å²) in [5.74, 6) is -0.810. The van der Waals surface area contributed by atoms with Gasteiger partial charge in [0.1, 0.15) is 12.1 Å². The molecule has 1 heterocycles. The lowest BCUT2D eigenvalue weighted by Gasteiger charge is -2.23. The minimum atomic E-state index is -1.16. The second kappa shape index (κ2) is 7.03. The number of urea groups is 1. The summed E-state index contributed by atoms with van der Waals surface area (Å²) < 4.78 is 0. The lowest BCUT2D eigenvalue weighted by Crippen LogP contribution is -2.42. The molecule has 0 bridgehead atoms. The van der Waals surface area contributed by atoms with Gasteiger partial charge in [-0.3, -0.25) is 14.5 Å². The van der Waals surface area contributed by atoms with E-state index in [0.29, 0.717) is 5.69 Å². The van der Waals surface area contributed by atoms with Crippen LogP contribution in [0.4, 0.5) is 10.5 Å². The summed E-state index contributed by atoms with van der Waals surface area (Å²) >= 11 is 0. The molecule has 6 nitrogen and oxygen atoms in total. The average molecular weight is 391 g/mol. The number of amides is 4. The second-order valence-corrected chi connectivity index (χ2v) is 8.15. The number of rotatable bonds is 4. The molecule has 1 aliphatic carbocycles. The Kier molecular flexibility index (Phi) is 4.65. The fraction of sp³-hybridized carbons (Fsp3) is 0.348. The fourth-order valence-electron chi connectivity index (χ4n) is 4.21. The molecule has 4 amide bonds. The Bertz CT molecular complexity index is 1030. The zero-order chi connectivity index (χ0) is 20.8. The molecule has 150 valence electrons. The largest absolute Gasteiger partial charge is 0.325 e. The van der Waals surface area contributed by atoms with Gasteiger partial charge in [-0.2, -0.15) is 0 Å². The number of aryl methyl sites for hydroxylation is 4. The van der Waals surface area contributed by atoms with E-state index in [2.05, 4.69) is 10.6 Å². The molecule has 0 unspecified atom stereocenters. The first-order chi connectivity index (χ1) is 13.8. The van der Waals surface area contributed by atoms with Crippen LogP contribution < -0.4 is 10.6 Å². The highest BCUT2D eigenvalue weighted by Crippen LogP contribution is 2.32. The predicted octanol–water partition coefficient (Wildman–Crippen LogP) is 3.20. The van der Waals surface area contributed by atoms with E-state index in [4.69, 9.17) is 0 Å². The number of imide groups is 1. The minimum absolute atomic E-state index is 0.321. The van der Waals surface area contributed by atoms with Crippen molar-refractivity contribution in [2.24, 2.45) is 0 Å². The van der Waals surface area contributed by atoms with Crippen molar-refractivity contribution in [1.82, 2.24) is 10.2 Å². The second-order valence-electron chi connectivity index (χ2n) is 8.15. The number of carbonyl (C=O) groups excluding carboxylic acids is 3. The minimum Gasteiger partial charge on any atom is -0.324 e. The van der Waals surface area contributed by atoms with Crippen LogP contribution in [-0.4, -0.2) is 29.3 Å². The van der Waals surface area contributed by atoms with Gasteiger partial charge >= 0.3 is 6.03 Å². The van der Waals surface area contributed by atoms with E-state index in [1.165, 1.54) is 11.1 Å². The molecule has 1 atom stereocenters. The van der Waals surface area contributed by atoms with Gasteiger partial charge in [0, 0.05) is 5.69 Å². The Balaban J connectivity index is 1.51. The Morgan fingerprint density at radius 3 is 2.62 bits per heavy atom. The molecule has 0 saturated carbocycles. The molecule has 2 N–H and O–H groups in total. The highest BCUT2D eigenvalue weighted by molar-refractivity contribution is 6.10. The van der Waals surface area contributed by atoms with Gasteiger partial charge in [0.2, 0.25) is 5.91 Å². The monoisotopic (exact) mass is 391 g/mol. The number of nitrogens with zero attached hydrogens (tertiary/aromatic N) is 1. The summed E-state index contributed by atoms with van der Waals surface area (Å²) in [5, 5.41) is 5.58. The van der Waals surface area contributed by atoms with Crippen LogP contribution in [0.25, 0.3) is 0 Å². The summed E-state index contributed by atoms with van der Waals surface area (Å²) in [6.07, 6.45) is 3.15. The van der Waals surface area contributed by atoms with Crippen LogP contribution in [0.3, 0.4) is 0 Å². The van der Waals surface area contributed by atoms with Gasteiger partial charge < -0.3 is 10.6 Å². The smallest absolute Gasteiger partial charge is 0.324 e. The molecule has 1 saturated heterocycles. The van der Waals surface area contributed by atoms with E-state index in [1.807, 2.05) is 50.2 Å². The lowest BCUT2D eigenvalue weighted by atomic mass is 9.89. The first-order valence-electron chi connectivity index (χ1n) is 9.91. The molecule has 6 heteroatoms. The Morgan fingerprint density at radius 1 is 1.10 bits per heavy atom. The third-order valence-corrected chi connectivity index (χ3v) is 5.91. The lowest BCUT2D eigenvalue weighted by molar-refractivity contribution is -0.133. The van der Waals surface area contributed by atoms with Gasteiger partial charge in [-0.05, 0) is 68.4 Å². The maximum absolute atomic E-state index is 13.1. The molecule has 2 aromatic carbocycles. The molecule has 1 aliphatic heterocycles. The number of fused-ring (bicyclic) bond motifs is 1. The topological polar surface area (TPSA) is 78.5 Å². The van der Waals surface area contributed by atoms with Crippen LogP contribution in [0.2, 0.25) is 0 Å². The van der Waals surface area contributed by atoms with Crippen LogP contribution in [0.15, 0.2) is 36.4 Å². The van der Waals surface area contributed by atoms with Crippen molar-refractivity contribution in [3.63, 3.8) is 0 Å². The first kappa shape index (κ1) is 19.2. The third kappa shape index (κ3) is 3.39. The van der Waals surface area contributed by atoms with Gasteiger partial charge in [0.25, 0.3) is 5.91 Å². The van der Waals surface area contributed by atoms with E-state index in [0.717, 1.165) is 40.9 Å². The highest BCUT2D eigenvalue weighted by atomic mass is 16.2. The maximum Gasteiger partial charge on any atom is 0.325 e. The summed E-state index contributed by atoms with van der Waals surface area (Å²) in [6.45, 7) is 5.26. The van der Waals surface area contributed by atoms with Gasteiger partial charge in [0.15, 0.2) is 0 Å². The summed E-state index contributed by atoms with van der Waals surface area (Å²) in [4.78, 5) is 39.1. The van der Waals surface area contributed by atoms with Crippen molar-refractivity contribution in [2.75, 3.05) is 11.9 Å². The van der Waals surface area contributed by atoms with Crippen LogP contribution in [0.5, 0.6) is 0 Å². The summed E-state index contributed by atoms with van der Waals surface area (Å²) in [6, 6.07) is 11.1. The maximum atomic E-state index is 13.1. The standard InChI is InChI=1S/C23H25N3O3/c1-14-7-10-19(15(2)11-14)24-20(27)13-26-21(28)23(3,25-22(26)29)18-9-8-16-5-4-6-17(16)12-18/h7-12H,4-6,13H2,1-3H3,(H,24,27)(H,25,29)/t23-/m0/s1. The number of carbonyl (C=O) groups is 3. The first-order valence-corrected chi connectivity index (χ1v) is 9.91. The van der Waals surface area contributed by atoms with Crippen LogP contribution in [0, 0.1) is 13.8 Å². The summed E-state index contributed by atoms with van der Waals surface area (Å²) in [7, 11) is 0. The van der Waals surface area contributed by atoms with Crippen molar-refractivity contribution in [3.8, 4) is 0 Å². The van der Waals surface area contributed by atoms with Crippen molar-refractivity contribution in [2.45, 2.75) is 45.6 Å². The normalized spacial score (nSPS) is 20.6. The number of benzene rings is 2. The predicted molar refractivity (Wildman–Crippen MR) is 111 cm³/mol. The zero-order valence-corrected chi connectivity index (χ0v) is 17.0. The van der Waals surface area contributed by atoms with E-state index in [1.54, 1.807) is 6.92 Å². The van der Waals surface area contributed by atoms with Crippen molar-refractivity contribution < 1.29 is 14.4 Å². The SMILES string of the molecule is Cc1ccc(NC(=O)CN2C(=O)N[C@@](C)(c3ccc4c(c3)CCC4)C2=O)c(C)c1. The molecular weight excluding hydrogens is 366 g/mol. The number of hydrogen-bond donors (Lipinski definition) is 2. The molecule has 29 heavy (non-hydrogen) atoms. The van der Waals surface area contributed by atoms with Crippen molar-refractivity contribution in [3.05, 3.63) is 64.2 Å². The van der Waals surface area contributed by atoms with Gasteiger partial charge in [-0.1, -0.05) is 35.9 Å². The molecule has 2 aromatic rings. The van der Waals surface area contributed by atoms with Crippen LogP contribution in [0.1, 0.15) is 41.2 Å². The van der Waals surface area contributed by atoms with Crippen LogP contribution in [-0.2, 0) is 28.0 Å². The molecular formula is C23H25N3O3.